The summed E-state index contributed by atoms with van der Waals surface area (Å²) in [5.41, 5.74) is 1.22. The third-order valence-electron chi connectivity index (χ3n) is 7.13. The highest BCUT2D eigenvalue weighted by molar-refractivity contribution is 5.75. The summed E-state index contributed by atoms with van der Waals surface area (Å²) in [5.74, 6) is 2.82. The molecule has 2 aromatic heterocycles. The lowest BCUT2D eigenvalue weighted by Gasteiger charge is -2.40. The van der Waals surface area contributed by atoms with Gasteiger partial charge in [-0.15, -0.1) is 0 Å². The van der Waals surface area contributed by atoms with Crippen molar-refractivity contribution in [3.63, 3.8) is 0 Å². The lowest BCUT2D eigenvalue weighted by molar-refractivity contribution is 0.0499. The number of fused-ring (bicyclic) bond motifs is 2. The predicted octanol–water partition coefficient (Wildman–Crippen LogP) is 3.67. The number of aromatic nitrogens is 3. The minimum atomic E-state index is -0.532. The average Bonchev–Trinajstić information content (AvgIpc) is 3.30. The number of hydrogen-bond donors (Lipinski definition) is 1. The molecule has 2 aromatic rings. The SMILES string of the molecule is C[C@H]1CN(c2ncnc3c2C2(CCC2)CN3c2cc(C#N)ccn2)C[C@H]1NC(=O)OC(C)(C)C. The molecule has 2 atom stereocenters. The van der Waals surface area contributed by atoms with Crippen LogP contribution in [0.3, 0.4) is 0 Å². The molecule has 9 nitrogen and oxygen atoms in total. The van der Waals surface area contributed by atoms with Gasteiger partial charge in [0, 0.05) is 36.8 Å². The van der Waals surface area contributed by atoms with Crippen molar-refractivity contribution >= 4 is 23.5 Å². The van der Waals surface area contributed by atoms with Crippen LogP contribution in [-0.4, -0.2) is 52.3 Å². The first-order valence-electron chi connectivity index (χ1n) is 11.9. The number of hydrogen-bond acceptors (Lipinski definition) is 8. The van der Waals surface area contributed by atoms with Crippen LogP contribution in [0.2, 0.25) is 0 Å². The first-order chi connectivity index (χ1) is 16.2. The Morgan fingerprint density at radius 2 is 2.00 bits per heavy atom. The fraction of sp³-hybridized carbons (Fsp3) is 0.560. The summed E-state index contributed by atoms with van der Waals surface area (Å²) in [6, 6.07) is 5.72. The number of carbonyl (C=O) groups is 1. The molecule has 0 aromatic carbocycles. The Hall–Kier alpha value is -3.41. The van der Waals surface area contributed by atoms with Gasteiger partial charge in [-0.05, 0) is 51.7 Å². The number of amides is 1. The standard InChI is InChI=1S/C25H31N7O2/c1-16-12-31(13-18(16)30-23(33)34-24(2,3)4)21-20-22(29-15-28-21)32(14-25(20)7-5-8-25)19-10-17(11-26)6-9-27-19/h6,9-10,15-16,18H,5,7-8,12-14H2,1-4H3,(H,30,33)/t16-,18+/m0/s1. The van der Waals surface area contributed by atoms with E-state index in [1.807, 2.05) is 26.8 Å². The molecule has 2 fully saturated rings. The van der Waals surface area contributed by atoms with E-state index >= 15 is 0 Å². The van der Waals surface area contributed by atoms with Gasteiger partial charge in [0.1, 0.15) is 29.4 Å². The summed E-state index contributed by atoms with van der Waals surface area (Å²) in [7, 11) is 0. The van der Waals surface area contributed by atoms with Crippen molar-refractivity contribution in [1.29, 1.82) is 5.26 Å². The summed E-state index contributed by atoms with van der Waals surface area (Å²) < 4.78 is 5.47. The molecule has 178 valence electrons. The Kier molecular flexibility index (Phi) is 5.34. The number of carbonyl (C=O) groups excluding carboxylic acids is 1. The average molecular weight is 462 g/mol. The summed E-state index contributed by atoms with van der Waals surface area (Å²) in [6.07, 6.45) is 6.24. The highest BCUT2D eigenvalue weighted by atomic mass is 16.6. The van der Waals surface area contributed by atoms with E-state index in [9.17, 15) is 10.1 Å². The Labute approximate surface area is 200 Å². The van der Waals surface area contributed by atoms with E-state index in [0.29, 0.717) is 12.1 Å². The first-order valence-corrected chi connectivity index (χ1v) is 11.9. The van der Waals surface area contributed by atoms with Crippen LogP contribution >= 0.6 is 0 Å². The van der Waals surface area contributed by atoms with Crippen molar-refractivity contribution in [2.24, 2.45) is 5.92 Å². The highest BCUT2D eigenvalue weighted by Gasteiger charge is 2.51. The smallest absolute Gasteiger partial charge is 0.407 e. The van der Waals surface area contributed by atoms with Gasteiger partial charge in [0.15, 0.2) is 0 Å². The van der Waals surface area contributed by atoms with Crippen molar-refractivity contribution in [2.75, 3.05) is 29.4 Å². The van der Waals surface area contributed by atoms with Crippen molar-refractivity contribution < 1.29 is 9.53 Å². The predicted molar refractivity (Wildman–Crippen MR) is 128 cm³/mol. The minimum Gasteiger partial charge on any atom is -0.444 e. The van der Waals surface area contributed by atoms with Gasteiger partial charge in [0.2, 0.25) is 0 Å². The zero-order valence-electron chi connectivity index (χ0n) is 20.2. The molecule has 3 aliphatic rings. The Bertz CT molecular complexity index is 1150. The number of pyridine rings is 1. The largest absolute Gasteiger partial charge is 0.444 e. The summed E-state index contributed by atoms with van der Waals surface area (Å²) in [5, 5.41) is 12.4. The second-order valence-corrected chi connectivity index (χ2v) is 10.8. The van der Waals surface area contributed by atoms with Gasteiger partial charge in [-0.25, -0.2) is 19.7 Å². The van der Waals surface area contributed by atoms with Crippen molar-refractivity contribution in [1.82, 2.24) is 20.3 Å². The fourth-order valence-electron chi connectivity index (χ4n) is 5.37. The van der Waals surface area contributed by atoms with Crippen LogP contribution in [0.1, 0.15) is 58.1 Å². The number of alkyl carbamates (subject to hydrolysis) is 1. The maximum absolute atomic E-state index is 12.4. The van der Waals surface area contributed by atoms with Crippen LogP contribution in [0.4, 0.5) is 22.2 Å². The Morgan fingerprint density at radius 3 is 2.68 bits per heavy atom. The second kappa shape index (κ2) is 8.12. The van der Waals surface area contributed by atoms with Gasteiger partial charge >= 0.3 is 6.09 Å². The molecule has 5 rings (SSSR count). The number of rotatable bonds is 3. The number of anilines is 3. The zero-order chi connectivity index (χ0) is 24.1. The van der Waals surface area contributed by atoms with Crippen LogP contribution in [0, 0.1) is 17.2 Å². The molecule has 1 saturated carbocycles. The molecule has 2 aliphatic heterocycles. The third kappa shape index (κ3) is 3.91. The molecular weight excluding hydrogens is 430 g/mol. The van der Waals surface area contributed by atoms with Gasteiger partial charge in [-0.2, -0.15) is 5.26 Å². The summed E-state index contributed by atoms with van der Waals surface area (Å²) >= 11 is 0. The second-order valence-electron chi connectivity index (χ2n) is 10.8. The van der Waals surface area contributed by atoms with Gasteiger partial charge < -0.3 is 19.9 Å². The van der Waals surface area contributed by atoms with Gasteiger partial charge in [-0.1, -0.05) is 13.3 Å². The molecule has 1 saturated heterocycles. The molecule has 9 heteroatoms. The van der Waals surface area contributed by atoms with Crippen LogP contribution in [0.15, 0.2) is 24.7 Å². The van der Waals surface area contributed by atoms with E-state index in [4.69, 9.17) is 9.72 Å². The van der Waals surface area contributed by atoms with Crippen molar-refractivity contribution in [3.05, 3.63) is 35.8 Å². The molecule has 1 spiro atoms. The summed E-state index contributed by atoms with van der Waals surface area (Å²) in [4.78, 5) is 30.8. The van der Waals surface area contributed by atoms with Gasteiger partial charge in [0.25, 0.3) is 0 Å². The van der Waals surface area contributed by atoms with Crippen LogP contribution < -0.4 is 15.1 Å². The lowest BCUT2D eigenvalue weighted by Crippen LogP contribution is -2.43. The lowest BCUT2D eigenvalue weighted by atomic mass is 9.66. The normalized spacial score (nSPS) is 22.8. The van der Waals surface area contributed by atoms with Gasteiger partial charge in [0.05, 0.1) is 17.7 Å². The van der Waals surface area contributed by atoms with Gasteiger partial charge in [-0.3, -0.25) is 0 Å². The fourth-order valence-corrected chi connectivity index (χ4v) is 5.37. The van der Waals surface area contributed by atoms with Crippen molar-refractivity contribution in [3.8, 4) is 6.07 Å². The number of nitrogens with zero attached hydrogens (tertiary/aromatic N) is 6. The molecule has 0 bridgehead atoms. The van der Waals surface area contributed by atoms with Crippen LogP contribution in [0.25, 0.3) is 0 Å². The van der Waals surface area contributed by atoms with E-state index in [1.54, 1.807) is 18.6 Å². The van der Waals surface area contributed by atoms with E-state index in [2.05, 4.69) is 38.1 Å². The topological polar surface area (TPSA) is 107 Å². The molecule has 34 heavy (non-hydrogen) atoms. The van der Waals surface area contributed by atoms with E-state index in [1.165, 1.54) is 12.0 Å². The molecule has 1 aliphatic carbocycles. The molecular formula is C25H31N7O2. The third-order valence-corrected chi connectivity index (χ3v) is 7.13. The maximum Gasteiger partial charge on any atom is 0.407 e. The number of nitriles is 1. The monoisotopic (exact) mass is 461 g/mol. The summed E-state index contributed by atoms with van der Waals surface area (Å²) in [6.45, 7) is 10.00. The molecule has 1 N–H and O–H groups in total. The van der Waals surface area contributed by atoms with E-state index in [0.717, 1.165) is 43.4 Å². The minimum absolute atomic E-state index is 0.00380. The Morgan fingerprint density at radius 1 is 1.24 bits per heavy atom. The van der Waals surface area contributed by atoms with Crippen molar-refractivity contribution in [2.45, 2.75) is 64.0 Å². The van der Waals surface area contributed by atoms with E-state index in [-0.39, 0.29) is 23.5 Å². The maximum atomic E-state index is 12.4. The van der Waals surface area contributed by atoms with E-state index < -0.39 is 5.60 Å². The molecule has 1 amide bonds. The molecule has 0 unspecified atom stereocenters. The van der Waals surface area contributed by atoms with Crippen LogP contribution in [0.5, 0.6) is 0 Å². The molecule has 4 heterocycles. The highest BCUT2D eigenvalue weighted by Crippen LogP contribution is 2.56. The van der Waals surface area contributed by atoms with Crippen LogP contribution in [-0.2, 0) is 10.2 Å². The number of nitrogens with one attached hydrogen (secondary N) is 1. The first kappa shape index (κ1) is 22.4. The number of ether oxygens (including phenoxy) is 1. The zero-order valence-corrected chi connectivity index (χ0v) is 20.2. The Balaban J connectivity index is 1.44. The quantitative estimate of drug-likeness (QED) is 0.738. The molecule has 0 radical (unpaired) electrons.